The maximum absolute atomic E-state index is 12.7. The third kappa shape index (κ3) is 3.20. The van der Waals surface area contributed by atoms with Crippen molar-refractivity contribution in [1.82, 2.24) is 4.90 Å². The molecule has 25 heavy (non-hydrogen) atoms. The van der Waals surface area contributed by atoms with Gasteiger partial charge in [-0.05, 0) is 11.5 Å². The number of carbonyl (C=O) groups is 2. The Kier molecular flexibility index (Phi) is 4.70. The molecule has 1 atom stereocenters. The van der Waals surface area contributed by atoms with Crippen molar-refractivity contribution >= 4 is 17.4 Å². The highest BCUT2D eigenvalue weighted by Crippen LogP contribution is 2.39. The minimum absolute atomic E-state index is 0.126. The van der Waals surface area contributed by atoms with E-state index in [0.717, 1.165) is 5.56 Å². The molecule has 0 aromatic heterocycles. The number of benzene rings is 2. The minimum Gasteiger partial charge on any atom is -0.507 e. The lowest BCUT2D eigenvalue weighted by molar-refractivity contribution is -0.140. The van der Waals surface area contributed by atoms with E-state index in [1.807, 2.05) is 50.2 Å². The molecule has 128 valence electrons. The average molecular weight is 335 g/mol. The number of hydrogen-bond acceptors (Lipinski definition) is 3. The lowest BCUT2D eigenvalue weighted by atomic mass is 9.95. The number of hydrogen-bond donors (Lipinski definition) is 1. The van der Waals surface area contributed by atoms with Gasteiger partial charge < -0.3 is 10.0 Å². The first-order valence-electron chi connectivity index (χ1n) is 8.39. The fourth-order valence-electron chi connectivity index (χ4n) is 3.20. The zero-order chi connectivity index (χ0) is 18.0. The number of rotatable bonds is 4. The van der Waals surface area contributed by atoms with Crippen molar-refractivity contribution in [3.63, 3.8) is 0 Å². The molecule has 0 unspecified atom stereocenters. The molecule has 1 fully saturated rings. The third-order valence-electron chi connectivity index (χ3n) is 4.26. The van der Waals surface area contributed by atoms with Gasteiger partial charge in [0, 0.05) is 12.1 Å². The van der Waals surface area contributed by atoms with Gasteiger partial charge in [-0.1, -0.05) is 74.5 Å². The minimum atomic E-state index is -0.629. The Bertz CT molecular complexity index is 810. The van der Waals surface area contributed by atoms with Crippen molar-refractivity contribution in [3.8, 4) is 0 Å². The molecule has 2 aromatic rings. The van der Waals surface area contributed by atoms with Crippen LogP contribution in [0.1, 0.15) is 31.0 Å². The predicted octanol–water partition coefficient (Wildman–Crippen LogP) is 3.76. The second-order valence-electron chi connectivity index (χ2n) is 6.62. The van der Waals surface area contributed by atoms with Gasteiger partial charge in [0.15, 0.2) is 0 Å². The molecule has 0 bridgehead atoms. The molecule has 1 amide bonds. The Labute approximate surface area is 147 Å². The molecule has 3 rings (SSSR count). The first kappa shape index (κ1) is 17.0. The molecule has 0 radical (unpaired) electrons. The number of Topliss-reactive ketones (excluding diaryl/α,β-unsaturated/α-hetero) is 1. The molecular weight excluding hydrogens is 314 g/mol. The van der Waals surface area contributed by atoms with Crippen LogP contribution in [0.15, 0.2) is 66.2 Å². The number of carbonyl (C=O) groups excluding carboxylic acids is 2. The molecule has 1 saturated heterocycles. The largest absolute Gasteiger partial charge is 0.507 e. The van der Waals surface area contributed by atoms with Gasteiger partial charge in [0.1, 0.15) is 5.76 Å². The Balaban J connectivity index is 2.18. The quantitative estimate of drug-likeness (QED) is 0.526. The van der Waals surface area contributed by atoms with E-state index in [-0.39, 0.29) is 17.3 Å². The maximum atomic E-state index is 12.7. The number of likely N-dealkylation sites (tertiary alicyclic amines) is 1. The van der Waals surface area contributed by atoms with Crippen LogP contribution in [0.4, 0.5) is 0 Å². The summed E-state index contributed by atoms with van der Waals surface area (Å²) in [6.07, 6.45) is 0. The van der Waals surface area contributed by atoms with Crippen molar-refractivity contribution in [2.75, 3.05) is 6.54 Å². The Hall–Kier alpha value is -2.88. The van der Waals surface area contributed by atoms with E-state index in [9.17, 15) is 14.7 Å². The predicted molar refractivity (Wildman–Crippen MR) is 96.7 cm³/mol. The van der Waals surface area contributed by atoms with E-state index in [4.69, 9.17) is 0 Å². The number of aliphatic hydroxyl groups excluding tert-OH is 1. The molecule has 2 aromatic carbocycles. The van der Waals surface area contributed by atoms with Crippen LogP contribution in [0.3, 0.4) is 0 Å². The normalized spacial score (nSPS) is 19.6. The molecule has 1 heterocycles. The van der Waals surface area contributed by atoms with Crippen LogP contribution in [0.25, 0.3) is 5.76 Å². The second-order valence-corrected chi connectivity index (χ2v) is 6.62. The average Bonchev–Trinajstić information content (AvgIpc) is 2.87. The van der Waals surface area contributed by atoms with Gasteiger partial charge in [-0.2, -0.15) is 0 Å². The summed E-state index contributed by atoms with van der Waals surface area (Å²) in [5.41, 5.74) is 1.51. The van der Waals surface area contributed by atoms with E-state index in [2.05, 4.69) is 0 Å². The molecule has 1 aliphatic heterocycles. The van der Waals surface area contributed by atoms with Gasteiger partial charge in [-0.3, -0.25) is 9.59 Å². The fourth-order valence-corrected chi connectivity index (χ4v) is 3.20. The van der Waals surface area contributed by atoms with Gasteiger partial charge in [0.05, 0.1) is 11.6 Å². The van der Waals surface area contributed by atoms with E-state index >= 15 is 0 Å². The summed E-state index contributed by atoms with van der Waals surface area (Å²) in [6.45, 7) is 4.45. The van der Waals surface area contributed by atoms with Crippen LogP contribution in [-0.2, 0) is 9.59 Å². The van der Waals surface area contributed by atoms with Crippen molar-refractivity contribution < 1.29 is 14.7 Å². The zero-order valence-corrected chi connectivity index (χ0v) is 14.3. The van der Waals surface area contributed by atoms with Gasteiger partial charge in [-0.25, -0.2) is 0 Å². The Morgan fingerprint density at radius 3 is 2.12 bits per heavy atom. The SMILES string of the molecule is CC(C)CN1C(=O)C(=O)C(=C(O)c2ccccc2)[C@@H]1c1ccccc1. The number of amides is 1. The molecule has 0 spiro atoms. The maximum Gasteiger partial charge on any atom is 0.295 e. The fraction of sp³-hybridized carbons (Fsp3) is 0.238. The lowest BCUT2D eigenvalue weighted by Crippen LogP contribution is -2.33. The number of nitrogens with zero attached hydrogens (tertiary/aromatic N) is 1. The molecule has 1 N–H and O–H groups in total. The highest BCUT2D eigenvalue weighted by Gasteiger charge is 2.45. The van der Waals surface area contributed by atoms with E-state index in [1.54, 1.807) is 29.2 Å². The van der Waals surface area contributed by atoms with Crippen molar-refractivity contribution in [2.24, 2.45) is 5.92 Å². The first-order chi connectivity index (χ1) is 12.0. The molecule has 0 aliphatic carbocycles. The molecular formula is C21H21NO3. The molecule has 4 nitrogen and oxygen atoms in total. The number of ketones is 1. The Morgan fingerprint density at radius 2 is 1.56 bits per heavy atom. The van der Waals surface area contributed by atoms with Crippen molar-refractivity contribution in [3.05, 3.63) is 77.4 Å². The van der Waals surface area contributed by atoms with E-state index in [1.165, 1.54) is 0 Å². The van der Waals surface area contributed by atoms with Crippen LogP contribution >= 0.6 is 0 Å². The van der Waals surface area contributed by atoms with Crippen LogP contribution < -0.4 is 0 Å². The van der Waals surface area contributed by atoms with Crippen LogP contribution in [0.5, 0.6) is 0 Å². The zero-order valence-electron chi connectivity index (χ0n) is 14.3. The Morgan fingerprint density at radius 1 is 1.00 bits per heavy atom. The monoisotopic (exact) mass is 335 g/mol. The summed E-state index contributed by atoms with van der Waals surface area (Å²) in [5.74, 6) is -1.10. The lowest BCUT2D eigenvalue weighted by Gasteiger charge is -2.26. The molecule has 1 aliphatic rings. The van der Waals surface area contributed by atoms with Crippen molar-refractivity contribution in [2.45, 2.75) is 19.9 Å². The summed E-state index contributed by atoms with van der Waals surface area (Å²) in [4.78, 5) is 26.9. The van der Waals surface area contributed by atoms with Gasteiger partial charge in [0.25, 0.3) is 11.7 Å². The summed E-state index contributed by atoms with van der Waals surface area (Å²) in [7, 11) is 0. The first-order valence-corrected chi connectivity index (χ1v) is 8.39. The molecule has 0 saturated carbocycles. The van der Waals surface area contributed by atoms with Gasteiger partial charge in [-0.15, -0.1) is 0 Å². The topological polar surface area (TPSA) is 57.6 Å². The summed E-state index contributed by atoms with van der Waals surface area (Å²) in [5, 5.41) is 10.8. The standard InChI is InChI=1S/C21H21NO3/c1-14(2)13-22-18(15-9-5-3-6-10-15)17(20(24)21(22)25)19(23)16-11-7-4-8-12-16/h3-12,14,18,23H,13H2,1-2H3/t18-/m0/s1. The van der Waals surface area contributed by atoms with Gasteiger partial charge in [0.2, 0.25) is 0 Å². The summed E-state index contributed by atoms with van der Waals surface area (Å²) < 4.78 is 0. The number of aliphatic hydroxyl groups is 1. The van der Waals surface area contributed by atoms with Crippen molar-refractivity contribution in [1.29, 1.82) is 0 Å². The summed E-state index contributed by atoms with van der Waals surface area (Å²) in [6, 6.07) is 17.7. The second kappa shape index (κ2) is 6.93. The van der Waals surface area contributed by atoms with Crippen LogP contribution in [0.2, 0.25) is 0 Å². The van der Waals surface area contributed by atoms with E-state index in [0.29, 0.717) is 12.1 Å². The van der Waals surface area contributed by atoms with Crippen LogP contribution in [0, 0.1) is 5.92 Å². The van der Waals surface area contributed by atoms with Crippen LogP contribution in [-0.4, -0.2) is 28.2 Å². The highest BCUT2D eigenvalue weighted by atomic mass is 16.3. The molecule has 4 heteroatoms. The third-order valence-corrected chi connectivity index (χ3v) is 4.26. The highest BCUT2D eigenvalue weighted by molar-refractivity contribution is 6.46. The smallest absolute Gasteiger partial charge is 0.295 e. The summed E-state index contributed by atoms with van der Waals surface area (Å²) >= 11 is 0. The van der Waals surface area contributed by atoms with Gasteiger partial charge >= 0.3 is 0 Å². The van der Waals surface area contributed by atoms with E-state index < -0.39 is 17.7 Å².